The highest BCUT2D eigenvalue weighted by atomic mass is 16.1. The van der Waals surface area contributed by atoms with Crippen molar-refractivity contribution in [2.24, 2.45) is 0 Å². The van der Waals surface area contributed by atoms with Crippen LogP contribution >= 0.6 is 0 Å². The number of benzene rings is 2. The molecule has 1 amide bonds. The fourth-order valence-corrected chi connectivity index (χ4v) is 2.94. The molecule has 6 heteroatoms. The molecule has 0 saturated heterocycles. The second-order valence-electron chi connectivity index (χ2n) is 6.51. The molecule has 0 aliphatic carbocycles. The van der Waals surface area contributed by atoms with Crippen molar-refractivity contribution in [3.05, 3.63) is 83.7 Å². The van der Waals surface area contributed by atoms with Crippen molar-refractivity contribution in [1.82, 2.24) is 15.2 Å². The standard InChI is InChI=1S/C22H19N5O/c1-14-6-3-9-17(15(14)2)24-20-12-11-19(26-27-20)22(28)25-18-10-4-7-16-8-5-13-23-21(16)18/h3-13H,1-2H3,(H,24,27)(H,25,28). The summed E-state index contributed by atoms with van der Waals surface area (Å²) < 4.78 is 0. The van der Waals surface area contributed by atoms with Crippen LogP contribution in [0.1, 0.15) is 21.6 Å². The Balaban J connectivity index is 1.52. The maximum absolute atomic E-state index is 12.6. The number of hydrogen-bond acceptors (Lipinski definition) is 5. The molecule has 0 radical (unpaired) electrons. The van der Waals surface area contributed by atoms with Crippen LogP contribution in [0, 0.1) is 13.8 Å². The van der Waals surface area contributed by atoms with Crippen LogP contribution < -0.4 is 10.6 Å². The van der Waals surface area contributed by atoms with Gasteiger partial charge in [0.1, 0.15) is 0 Å². The van der Waals surface area contributed by atoms with Crippen LogP contribution in [0.3, 0.4) is 0 Å². The third kappa shape index (κ3) is 3.53. The first-order valence-corrected chi connectivity index (χ1v) is 8.94. The number of fused-ring (bicyclic) bond motifs is 1. The van der Waals surface area contributed by atoms with E-state index in [1.807, 2.05) is 49.4 Å². The van der Waals surface area contributed by atoms with E-state index < -0.39 is 0 Å². The van der Waals surface area contributed by atoms with E-state index in [1.165, 1.54) is 5.56 Å². The summed E-state index contributed by atoms with van der Waals surface area (Å²) in [6, 6.07) is 18.9. The number of pyridine rings is 1. The minimum Gasteiger partial charge on any atom is -0.339 e. The van der Waals surface area contributed by atoms with Gasteiger partial charge in [0.25, 0.3) is 5.91 Å². The lowest BCUT2D eigenvalue weighted by molar-refractivity contribution is 0.102. The summed E-state index contributed by atoms with van der Waals surface area (Å²) in [7, 11) is 0. The van der Waals surface area contributed by atoms with Gasteiger partial charge in [-0.05, 0) is 55.3 Å². The van der Waals surface area contributed by atoms with Crippen LogP contribution in [0.15, 0.2) is 66.9 Å². The molecule has 0 fully saturated rings. The van der Waals surface area contributed by atoms with E-state index in [4.69, 9.17) is 0 Å². The number of para-hydroxylation sites is 1. The second-order valence-corrected chi connectivity index (χ2v) is 6.51. The second kappa shape index (κ2) is 7.44. The van der Waals surface area contributed by atoms with Crippen molar-refractivity contribution >= 4 is 34.0 Å². The molecule has 0 unspecified atom stereocenters. The Morgan fingerprint density at radius 1 is 0.857 bits per heavy atom. The predicted octanol–water partition coefficient (Wildman–Crippen LogP) is 4.64. The molecule has 0 atom stereocenters. The molecule has 4 aromatic rings. The molecule has 2 aromatic carbocycles. The van der Waals surface area contributed by atoms with Gasteiger partial charge in [-0.15, -0.1) is 10.2 Å². The van der Waals surface area contributed by atoms with Crippen molar-refractivity contribution in [3.63, 3.8) is 0 Å². The Kier molecular flexibility index (Phi) is 4.68. The quantitative estimate of drug-likeness (QED) is 0.548. The van der Waals surface area contributed by atoms with Crippen molar-refractivity contribution < 1.29 is 4.79 Å². The number of carbonyl (C=O) groups is 1. The predicted molar refractivity (Wildman–Crippen MR) is 111 cm³/mol. The minimum atomic E-state index is -0.330. The number of nitrogens with one attached hydrogen (secondary N) is 2. The van der Waals surface area contributed by atoms with E-state index in [9.17, 15) is 4.79 Å². The van der Waals surface area contributed by atoms with Gasteiger partial charge >= 0.3 is 0 Å². The van der Waals surface area contributed by atoms with Gasteiger partial charge in [0.15, 0.2) is 11.5 Å². The lowest BCUT2D eigenvalue weighted by Crippen LogP contribution is -2.15. The van der Waals surface area contributed by atoms with Gasteiger partial charge < -0.3 is 10.6 Å². The Labute approximate surface area is 162 Å². The monoisotopic (exact) mass is 369 g/mol. The molecule has 0 aliphatic rings. The van der Waals surface area contributed by atoms with Crippen LogP contribution in [0.4, 0.5) is 17.2 Å². The number of aryl methyl sites for hydroxylation is 1. The molecule has 2 N–H and O–H groups in total. The van der Waals surface area contributed by atoms with Gasteiger partial charge in [-0.25, -0.2) is 0 Å². The fraction of sp³-hybridized carbons (Fsp3) is 0.0909. The highest BCUT2D eigenvalue weighted by Crippen LogP contribution is 2.23. The van der Waals surface area contributed by atoms with Gasteiger partial charge in [-0.2, -0.15) is 0 Å². The molecule has 6 nitrogen and oxygen atoms in total. The SMILES string of the molecule is Cc1cccc(Nc2ccc(C(=O)Nc3cccc4cccnc34)nn2)c1C. The van der Waals surface area contributed by atoms with Crippen molar-refractivity contribution in [2.75, 3.05) is 10.6 Å². The zero-order valence-corrected chi connectivity index (χ0v) is 15.6. The van der Waals surface area contributed by atoms with Crippen LogP contribution in [-0.4, -0.2) is 21.1 Å². The van der Waals surface area contributed by atoms with E-state index in [0.717, 1.165) is 22.2 Å². The van der Waals surface area contributed by atoms with Gasteiger partial charge in [0.2, 0.25) is 0 Å². The van der Waals surface area contributed by atoms with Crippen molar-refractivity contribution in [1.29, 1.82) is 0 Å². The van der Waals surface area contributed by atoms with Crippen LogP contribution in [0.2, 0.25) is 0 Å². The molecule has 2 heterocycles. The Hall–Kier alpha value is -3.80. The topological polar surface area (TPSA) is 79.8 Å². The smallest absolute Gasteiger partial charge is 0.276 e. The van der Waals surface area contributed by atoms with Crippen molar-refractivity contribution in [3.8, 4) is 0 Å². The highest BCUT2D eigenvalue weighted by Gasteiger charge is 2.11. The zero-order valence-electron chi connectivity index (χ0n) is 15.6. The van der Waals surface area contributed by atoms with Crippen LogP contribution in [0.25, 0.3) is 10.9 Å². The first-order valence-electron chi connectivity index (χ1n) is 8.94. The van der Waals surface area contributed by atoms with E-state index in [-0.39, 0.29) is 11.6 Å². The maximum Gasteiger partial charge on any atom is 0.276 e. The summed E-state index contributed by atoms with van der Waals surface area (Å²) in [4.78, 5) is 16.9. The lowest BCUT2D eigenvalue weighted by Gasteiger charge is -2.11. The molecule has 0 spiro atoms. The average Bonchev–Trinajstić information content (AvgIpc) is 2.72. The van der Waals surface area contributed by atoms with Crippen LogP contribution in [-0.2, 0) is 0 Å². The summed E-state index contributed by atoms with van der Waals surface area (Å²) in [6.45, 7) is 4.10. The molecule has 2 aromatic heterocycles. The van der Waals surface area contributed by atoms with E-state index >= 15 is 0 Å². The number of aromatic nitrogens is 3. The normalized spacial score (nSPS) is 10.6. The Morgan fingerprint density at radius 3 is 2.46 bits per heavy atom. The van der Waals surface area contributed by atoms with Gasteiger partial charge in [0, 0.05) is 17.3 Å². The van der Waals surface area contributed by atoms with E-state index in [2.05, 4.69) is 38.8 Å². The number of rotatable bonds is 4. The number of amides is 1. The number of hydrogen-bond donors (Lipinski definition) is 2. The van der Waals surface area contributed by atoms with E-state index in [0.29, 0.717) is 11.5 Å². The summed E-state index contributed by atoms with van der Waals surface area (Å²) in [5.74, 6) is 0.251. The largest absolute Gasteiger partial charge is 0.339 e. The number of carbonyl (C=O) groups excluding carboxylic acids is 1. The first-order chi connectivity index (χ1) is 13.6. The molecule has 4 rings (SSSR count). The van der Waals surface area contributed by atoms with Gasteiger partial charge in [-0.1, -0.05) is 30.3 Å². The minimum absolute atomic E-state index is 0.236. The van der Waals surface area contributed by atoms with Gasteiger partial charge in [0.05, 0.1) is 11.2 Å². The molecule has 0 saturated carbocycles. The highest BCUT2D eigenvalue weighted by molar-refractivity contribution is 6.07. The summed E-state index contributed by atoms with van der Waals surface area (Å²) in [6.07, 6.45) is 1.70. The number of nitrogens with zero attached hydrogens (tertiary/aromatic N) is 3. The number of anilines is 3. The fourth-order valence-electron chi connectivity index (χ4n) is 2.94. The molecule has 0 bridgehead atoms. The maximum atomic E-state index is 12.6. The zero-order chi connectivity index (χ0) is 19.5. The Morgan fingerprint density at radius 2 is 1.64 bits per heavy atom. The third-order valence-corrected chi connectivity index (χ3v) is 4.65. The summed E-state index contributed by atoms with van der Waals surface area (Å²) in [5, 5.41) is 15.2. The molecule has 0 aliphatic heterocycles. The van der Waals surface area contributed by atoms with Gasteiger partial charge in [-0.3, -0.25) is 9.78 Å². The first kappa shape index (κ1) is 17.6. The molecule has 138 valence electrons. The Bertz CT molecular complexity index is 1150. The lowest BCUT2D eigenvalue weighted by atomic mass is 10.1. The van der Waals surface area contributed by atoms with Crippen molar-refractivity contribution in [2.45, 2.75) is 13.8 Å². The summed E-state index contributed by atoms with van der Waals surface area (Å²) >= 11 is 0. The molecular weight excluding hydrogens is 350 g/mol. The summed E-state index contributed by atoms with van der Waals surface area (Å²) in [5.41, 5.74) is 4.92. The molecule has 28 heavy (non-hydrogen) atoms. The third-order valence-electron chi connectivity index (χ3n) is 4.65. The molecular formula is C22H19N5O. The van der Waals surface area contributed by atoms with Crippen LogP contribution in [0.5, 0.6) is 0 Å². The average molecular weight is 369 g/mol. The van der Waals surface area contributed by atoms with E-state index in [1.54, 1.807) is 18.3 Å².